The Labute approximate surface area is 135 Å². The van der Waals surface area contributed by atoms with Gasteiger partial charge in [0, 0.05) is 5.69 Å². The number of halogens is 2. The van der Waals surface area contributed by atoms with Gasteiger partial charge >= 0.3 is 0 Å². The Hall–Kier alpha value is -1.51. The van der Waals surface area contributed by atoms with Gasteiger partial charge in [0.15, 0.2) is 0 Å². The van der Waals surface area contributed by atoms with Gasteiger partial charge in [0.25, 0.3) is 5.91 Å². The molecule has 21 heavy (non-hydrogen) atoms. The van der Waals surface area contributed by atoms with Gasteiger partial charge in [-0.1, -0.05) is 61.3 Å². The Morgan fingerprint density at radius 1 is 1.14 bits per heavy atom. The maximum atomic E-state index is 12.4. The highest BCUT2D eigenvalue weighted by molar-refractivity contribution is 6.44. The van der Waals surface area contributed by atoms with Crippen molar-refractivity contribution < 1.29 is 4.79 Å². The smallest absolute Gasteiger partial charge is 0.257 e. The number of para-hydroxylation sites is 1. The van der Waals surface area contributed by atoms with E-state index < -0.39 is 0 Å². The normalized spacial score (nSPS) is 12.0. The Bertz CT molecular complexity index is 655. The lowest BCUT2D eigenvalue weighted by atomic mass is 9.97. The highest BCUT2D eigenvalue weighted by atomic mass is 35.5. The molecule has 2 aromatic carbocycles. The molecule has 0 unspecified atom stereocenters. The first-order valence-corrected chi connectivity index (χ1v) is 7.64. The average Bonchev–Trinajstić information content (AvgIpc) is 2.49. The molecule has 1 atom stereocenters. The summed E-state index contributed by atoms with van der Waals surface area (Å²) < 4.78 is 0. The summed E-state index contributed by atoms with van der Waals surface area (Å²) in [6.07, 6.45) is 1.00. The van der Waals surface area contributed by atoms with Crippen LogP contribution < -0.4 is 5.32 Å². The fourth-order valence-electron chi connectivity index (χ4n) is 2.13. The minimum Gasteiger partial charge on any atom is -0.322 e. The summed E-state index contributed by atoms with van der Waals surface area (Å²) in [4.78, 5) is 12.4. The molecule has 0 aromatic heterocycles. The quantitative estimate of drug-likeness (QED) is 0.762. The molecule has 0 aliphatic carbocycles. The third-order valence-corrected chi connectivity index (χ3v) is 4.37. The molecule has 0 saturated heterocycles. The Morgan fingerprint density at radius 2 is 1.86 bits per heavy atom. The highest BCUT2D eigenvalue weighted by Gasteiger charge is 2.15. The SMILES string of the molecule is CC[C@@H](C)c1ccccc1NC(=O)c1cccc(Cl)c1Cl. The second-order valence-electron chi connectivity index (χ2n) is 4.95. The van der Waals surface area contributed by atoms with Crippen molar-refractivity contribution in [1.82, 2.24) is 0 Å². The van der Waals surface area contributed by atoms with Crippen molar-refractivity contribution in [2.75, 3.05) is 5.32 Å². The van der Waals surface area contributed by atoms with Gasteiger partial charge < -0.3 is 5.32 Å². The van der Waals surface area contributed by atoms with Crippen LogP contribution in [0.3, 0.4) is 0 Å². The van der Waals surface area contributed by atoms with E-state index in [4.69, 9.17) is 23.2 Å². The molecule has 0 heterocycles. The molecular formula is C17H17Cl2NO. The number of nitrogens with one attached hydrogen (secondary N) is 1. The first-order valence-electron chi connectivity index (χ1n) is 6.88. The van der Waals surface area contributed by atoms with Crippen LogP contribution in [0.2, 0.25) is 10.0 Å². The first kappa shape index (κ1) is 15.9. The third kappa shape index (κ3) is 3.58. The third-order valence-electron chi connectivity index (χ3n) is 3.55. The van der Waals surface area contributed by atoms with Crippen LogP contribution in [0.4, 0.5) is 5.69 Å². The Morgan fingerprint density at radius 3 is 2.57 bits per heavy atom. The van der Waals surface area contributed by atoms with Crippen LogP contribution >= 0.6 is 23.2 Å². The Kier molecular flexibility index (Phi) is 5.27. The summed E-state index contributed by atoms with van der Waals surface area (Å²) >= 11 is 12.0. The summed E-state index contributed by atoms with van der Waals surface area (Å²) in [6.45, 7) is 4.26. The number of rotatable bonds is 4. The van der Waals surface area contributed by atoms with E-state index >= 15 is 0 Å². The zero-order valence-corrected chi connectivity index (χ0v) is 13.5. The summed E-state index contributed by atoms with van der Waals surface area (Å²) in [5, 5.41) is 3.58. The monoisotopic (exact) mass is 321 g/mol. The molecule has 2 rings (SSSR count). The highest BCUT2D eigenvalue weighted by Crippen LogP contribution is 2.29. The van der Waals surface area contributed by atoms with Gasteiger partial charge in [-0.05, 0) is 36.1 Å². The van der Waals surface area contributed by atoms with Crippen LogP contribution in [0.15, 0.2) is 42.5 Å². The number of benzene rings is 2. The molecule has 4 heteroatoms. The lowest BCUT2D eigenvalue weighted by molar-refractivity contribution is 0.102. The van der Waals surface area contributed by atoms with Crippen LogP contribution in [0.25, 0.3) is 0 Å². The van der Waals surface area contributed by atoms with Crippen LogP contribution in [0.5, 0.6) is 0 Å². The van der Waals surface area contributed by atoms with E-state index in [1.165, 1.54) is 0 Å². The van der Waals surface area contributed by atoms with Crippen LogP contribution in [0.1, 0.15) is 42.1 Å². The molecule has 110 valence electrons. The maximum absolute atomic E-state index is 12.4. The van der Waals surface area contributed by atoms with Gasteiger partial charge in [0.05, 0.1) is 15.6 Å². The second-order valence-corrected chi connectivity index (χ2v) is 5.74. The molecule has 0 fully saturated rings. The largest absolute Gasteiger partial charge is 0.322 e. The fourth-order valence-corrected chi connectivity index (χ4v) is 2.52. The standard InChI is InChI=1S/C17H17Cl2NO/c1-3-11(2)12-7-4-5-10-15(12)20-17(21)13-8-6-9-14(18)16(13)19/h4-11H,3H2,1-2H3,(H,20,21)/t11-/m1/s1. The summed E-state index contributed by atoms with van der Waals surface area (Å²) in [5.74, 6) is 0.120. The minimum absolute atomic E-state index is 0.252. The summed E-state index contributed by atoms with van der Waals surface area (Å²) in [5.41, 5.74) is 2.31. The van der Waals surface area contributed by atoms with Gasteiger partial charge in [-0.3, -0.25) is 4.79 Å². The van der Waals surface area contributed by atoms with E-state index in [0.717, 1.165) is 17.7 Å². The number of amides is 1. The molecule has 2 aromatic rings. The second kappa shape index (κ2) is 6.97. The van der Waals surface area contributed by atoms with Crippen molar-refractivity contribution in [3.63, 3.8) is 0 Å². The lowest BCUT2D eigenvalue weighted by Crippen LogP contribution is -2.14. The molecule has 0 aliphatic rings. The molecular weight excluding hydrogens is 305 g/mol. The summed E-state index contributed by atoms with van der Waals surface area (Å²) in [6, 6.07) is 12.8. The van der Waals surface area contributed by atoms with Crippen LogP contribution in [0, 0.1) is 0 Å². The molecule has 0 bridgehead atoms. The van der Waals surface area contributed by atoms with Crippen molar-refractivity contribution in [3.05, 3.63) is 63.6 Å². The van der Waals surface area contributed by atoms with Crippen molar-refractivity contribution in [2.24, 2.45) is 0 Å². The van der Waals surface area contributed by atoms with Gasteiger partial charge in [-0.15, -0.1) is 0 Å². The van der Waals surface area contributed by atoms with Gasteiger partial charge in [-0.2, -0.15) is 0 Å². The molecule has 0 spiro atoms. The molecule has 2 nitrogen and oxygen atoms in total. The molecule has 0 radical (unpaired) electrons. The molecule has 1 amide bonds. The van der Waals surface area contributed by atoms with Crippen LogP contribution in [-0.2, 0) is 0 Å². The first-order chi connectivity index (χ1) is 10.0. The number of hydrogen-bond acceptors (Lipinski definition) is 1. The fraction of sp³-hybridized carbons (Fsp3) is 0.235. The molecule has 1 N–H and O–H groups in total. The van der Waals surface area contributed by atoms with E-state index in [9.17, 15) is 4.79 Å². The van der Waals surface area contributed by atoms with Crippen molar-refractivity contribution in [3.8, 4) is 0 Å². The minimum atomic E-state index is -0.252. The van der Waals surface area contributed by atoms with Gasteiger partial charge in [-0.25, -0.2) is 0 Å². The van der Waals surface area contributed by atoms with E-state index in [0.29, 0.717) is 16.5 Å². The molecule has 0 saturated carbocycles. The van der Waals surface area contributed by atoms with Crippen molar-refractivity contribution in [2.45, 2.75) is 26.2 Å². The van der Waals surface area contributed by atoms with E-state index in [2.05, 4.69) is 19.2 Å². The van der Waals surface area contributed by atoms with Crippen LogP contribution in [-0.4, -0.2) is 5.91 Å². The van der Waals surface area contributed by atoms with Crippen molar-refractivity contribution >= 4 is 34.8 Å². The molecule has 0 aliphatic heterocycles. The number of hydrogen-bond donors (Lipinski definition) is 1. The number of anilines is 1. The summed E-state index contributed by atoms with van der Waals surface area (Å²) in [7, 11) is 0. The van der Waals surface area contributed by atoms with E-state index in [1.807, 2.05) is 24.3 Å². The van der Waals surface area contributed by atoms with Gasteiger partial charge in [0.2, 0.25) is 0 Å². The zero-order chi connectivity index (χ0) is 15.4. The van der Waals surface area contributed by atoms with Gasteiger partial charge in [0.1, 0.15) is 0 Å². The topological polar surface area (TPSA) is 29.1 Å². The number of carbonyl (C=O) groups excluding carboxylic acids is 1. The lowest BCUT2D eigenvalue weighted by Gasteiger charge is -2.16. The number of carbonyl (C=O) groups is 1. The maximum Gasteiger partial charge on any atom is 0.257 e. The Balaban J connectivity index is 2.30. The zero-order valence-electron chi connectivity index (χ0n) is 12.0. The average molecular weight is 322 g/mol. The predicted octanol–water partition coefficient (Wildman–Crippen LogP) is 5.76. The predicted molar refractivity (Wildman–Crippen MR) is 89.6 cm³/mol. The van der Waals surface area contributed by atoms with Crippen molar-refractivity contribution in [1.29, 1.82) is 0 Å². The van der Waals surface area contributed by atoms with E-state index in [-0.39, 0.29) is 10.9 Å². The van der Waals surface area contributed by atoms with E-state index in [1.54, 1.807) is 18.2 Å².